The van der Waals surface area contributed by atoms with E-state index in [4.69, 9.17) is 0 Å². The van der Waals surface area contributed by atoms with Gasteiger partial charge in [0.15, 0.2) is 0 Å². The van der Waals surface area contributed by atoms with Gasteiger partial charge < -0.3 is 0 Å². The summed E-state index contributed by atoms with van der Waals surface area (Å²) in [4.78, 5) is 28.2. The lowest BCUT2D eigenvalue weighted by molar-refractivity contribution is 0.686. The maximum Gasteiger partial charge on any atom is 0.263 e. The van der Waals surface area contributed by atoms with Gasteiger partial charge in [-0.3, -0.25) is 9.36 Å². The van der Waals surface area contributed by atoms with Crippen molar-refractivity contribution < 1.29 is 0 Å². The Balaban J connectivity index is 1.69. The number of rotatable bonds is 7. The first-order valence-electron chi connectivity index (χ1n) is 11.4. The third-order valence-corrected chi connectivity index (χ3v) is 6.92. The maximum absolute atomic E-state index is 14.0. The molecule has 33 heavy (non-hydrogen) atoms. The van der Waals surface area contributed by atoms with Crippen molar-refractivity contribution in [3.8, 4) is 5.69 Å². The Kier molecular flexibility index (Phi) is 6.01. The van der Waals surface area contributed by atoms with E-state index in [9.17, 15) is 4.79 Å². The number of nitrogens with zero attached hydrogens (tertiary/aromatic N) is 4. The molecule has 0 saturated carbocycles. The summed E-state index contributed by atoms with van der Waals surface area (Å²) in [6.45, 7) is 4.33. The highest BCUT2D eigenvalue weighted by molar-refractivity contribution is 7.16. The molecule has 166 valence electrons. The minimum absolute atomic E-state index is 0.0498. The molecule has 0 amide bonds. The molecule has 0 aliphatic carbocycles. The number of hydrogen-bond acceptors (Lipinski definition) is 5. The number of fused-ring (bicyclic) bond motifs is 2. The Morgan fingerprint density at radius 3 is 2.70 bits per heavy atom. The molecule has 0 saturated heterocycles. The highest BCUT2D eigenvalue weighted by Gasteiger charge is 2.20. The molecule has 3 aromatic heterocycles. The number of aryl methyl sites for hydroxylation is 1. The van der Waals surface area contributed by atoms with E-state index in [1.54, 1.807) is 11.8 Å². The minimum Gasteiger partial charge on any atom is -0.280 e. The highest BCUT2D eigenvalue weighted by atomic mass is 32.1. The summed E-state index contributed by atoms with van der Waals surface area (Å²) in [7, 11) is 0. The molecule has 5 nitrogen and oxygen atoms in total. The lowest BCUT2D eigenvalue weighted by Gasteiger charge is -2.21. The van der Waals surface area contributed by atoms with E-state index in [0.29, 0.717) is 6.42 Å². The van der Waals surface area contributed by atoms with Crippen molar-refractivity contribution >= 4 is 32.5 Å². The first-order chi connectivity index (χ1) is 16.2. The van der Waals surface area contributed by atoms with Gasteiger partial charge in [-0.15, -0.1) is 11.3 Å². The summed E-state index contributed by atoms with van der Waals surface area (Å²) in [6, 6.07) is 18.3. The normalized spacial score (nSPS) is 12.4. The Labute approximate surface area is 196 Å². The van der Waals surface area contributed by atoms with Crippen molar-refractivity contribution in [1.82, 2.24) is 19.5 Å². The van der Waals surface area contributed by atoms with Crippen LogP contribution in [0.25, 0.3) is 26.8 Å². The summed E-state index contributed by atoms with van der Waals surface area (Å²) in [5, 5.41) is 1.83. The Hall–Kier alpha value is -3.38. The number of para-hydroxylation sites is 1. The van der Waals surface area contributed by atoms with E-state index < -0.39 is 0 Å². The average molecular weight is 455 g/mol. The summed E-state index contributed by atoms with van der Waals surface area (Å²) in [6.07, 6.45) is 5.36. The molecule has 0 aliphatic heterocycles. The van der Waals surface area contributed by atoms with E-state index >= 15 is 0 Å². The largest absolute Gasteiger partial charge is 0.280 e. The van der Waals surface area contributed by atoms with Crippen LogP contribution in [0.4, 0.5) is 0 Å². The van der Waals surface area contributed by atoms with Crippen LogP contribution in [0.3, 0.4) is 0 Å². The van der Waals surface area contributed by atoms with Crippen LogP contribution in [0.1, 0.15) is 49.6 Å². The van der Waals surface area contributed by atoms with E-state index in [1.165, 1.54) is 11.3 Å². The molecule has 0 spiro atoms. The first-order valence-corrected chi connectivity index (χ1v) is 12.3. The molecule has 0 unspecified atom stereocenters. The summed E-state index contributed by atoms with van der Waals surface area (Å²) in [5.41, 5.74) is 6.62. The monoisotopic (exact) mass is 454 g/mol. The lowest BCUT2D eigenvalue weighted by atomic mass is 9.95. The second kappa shape index (κ2) is 9.24. The van der Waals surface area contributed by atoms with Crippen molar-refractivity contribution in [1.29, 1.82) is 0 Å². The molecule has 0 radical (unpaired) electrons. The van der Waals surface area contributed by atoms with Crippen LogP contribution >= 0.6 is 11.3 Å². The van der Waals surface area contributed by atoms with Crippen LogP contribution < -0.4 is 5.56 Å². The maximum atomic E-state index is 14.0. The number of unbranched alkanes of at least 4 members (excludes halogenated alkanes) is 1. The molecule has 2 aromatic carbocycles. The van der Waals surface area contributed by atoms with Crippen LogP contribution in [0.2, 0.25) is 0 Å². The number of benzene rings is 2. The van der Waals surface area contributed by atoms with Gasteiger partial charge in [0.2, 0.25) is 0 Å². The summed E-state index contributed by atoms with van der Waals surface area (Å²) < 4.78 is 1.89. The van der Waals surface area contributed by atoms with Crippen molar-refractivity contribution in [2.45, 2.75) is 45.4 Å². The van der Waals surface area contributed by atoms with Gasteiger partial charge >= 0.3 is 0 Å². The van der Waals surface area contributed by atoms with E-state index in [1.807, 2.05) is 34.9 Å². The van der Waals surface area contributed by atoms with Gasteiger partial charge in [0.25, 0.3) is 5.56 Å². The molecule has 5 aromatic rings. The molecule has 0 bridgehead atoms. The standard InChI is InChI=1S/C27H26N4OS/c1-3-4-9-19-10-8-11-20-15-23(31(27(32)24(19)20)21-12-6-5-7-13-21)18(2)14-22-25-26(29-16-28-22)33-17-30-25/h5-8,10-13,15-18H,3-4,9,14H2,1-2H3/t18-/m1/s1. The predicted octanol–water partition coefficient (Wildman–Crippen LogP) is 6.08. The lowest BCUT2D eigenvalue weighted by Crippen LogP contribution is -2.25. The third kappa shape index (κ3) is 4.07. The zero-order valence-corrected chi connectivity index (χ0v) is 19.7. The molecule has 0 fully saturated rings. The smallest absolute Gasteiger partial charge is 0.263 e. The van der Waals surface area contributed by atoms with Crippen LogP contribution in [0.15, 0.2) is 71.2 Å². The van der Waals surface area contributed by atoms with Crippen molar-refractivity contribution in [2.75, 3.05) is 0 Å². The number of thiazole rings is 1. The van der Waals surface area contributed by atoms with E-state index in [2.05, 4.69) is 53.1 Å². The van der Waals surface area contributed by atoms with Crippen molar-refractivity contribution in [2.24, 2.45) is 0 Å². The zero-order chi connectivity index (χ0) is 22.8. The first kappa shape index (κ1) is 21.5. The van der Waals surface area contributed by atoms with Crippen LogP contribution in [-0.2, 0) is 12.8 Å². The fourth-order valence-corrected chi connectivity index (χ4v) is 5.17. The van der Waals surface area contributed by atoms with Crippen LogP contribution in [0.5, 0.6) is 0 Å². The predicted molar refractivity (Wildman–Crippen MR) is 135 cm³/mol. The molecular weight excluding hydrogens is 428 g/mol. The quantitative estimate of drug-likeness (QED) is 0.299. The second-order valence-corrected chi connectivity index (χ2v) is 9.30. The number of hydrogen-bond donors (Lipinski definition) is 0. The van der Waals surface area contributed by atoms with E-state index in [-0.39, 0.29) is 11.5 Å². The second-order valence-electron chi connectivity index (χ2n) is 8.46. The Bertz CT molecular complexity index is 1470. The van der Waals surface area contributed by atoms with Gasteiger partial charge in [0.1, 0.15) is 16.7 Å². The van der Waals surface area contributed by atoms with Crippen molar-refractivity contribution in [3.63, 3.8) is 0 Å². The summed E-state index contributed by atoms with van der Waals surface area (Å²) in [5.74, 6) is 0.0569. The Morgan fingerprint density at radius 1 is 1.03 bits per heavy atom. The molecule has 5 rings (SSSR count). The SMILES string of the molecule is CCCCc1cccc2cc([C@H](C)Cc3ncnc4scnc34)n(-c3ccccc3)c(=O)c12. The molecule has 6 heteroatoms. The van der Waals surface area contributed by atoms with Gasteiger partial charge in [-0.25, -0.2) is 15.0 Å². The Morgan fingerprint density at radius 2 is 1.88 bits per heavy atom. The van der Waals surface area contributed by atoms with Crippen LogP contribution in [-0.4, -0.2) is 19.5 Å². The summed E-state index contributed by atoms with van der Waals surface area (Å²) >= 11 is 1.52. The van der Waals surface area contributed by atoms with Gasteiger partial charge in [-0.05, 0) is 42.0 Å². The number of aromatic nitrogens is 4. The molecule has 1 atom stereocenters. The number of pyridine rings is 1. The fraction of sp³-hybridized carbons (Fsp3) is 0.259. The van der Waals surface area contributed by atoms with Gasteiger partial charge in [0.05, 0.1) is 16.6 Å². The van der Waals surface area contributed by atoms with Gasteiger partial charge in [0, 0.05) is 23.7 Å². The van der Waals surface area contributed by atoms with Crippen molar-refractivity contribution in [3.05, 3.63) is 93.7 Å². The van der Waals surface area contributed by atoms with Gasteiger partial charge in [-0.2, -0.15) is 0 Å². The molecular formula is C27H26N4OS. The minimum atomic E-state index is 0.0498. The molecule has 3 heterocycles. The third-order valence-electron chi connectivity index (χ3n) is 6.19. The topological polar surface area (TPSA) is 60.7 Å². The zero-order valence-electron chi connectivity index (χ0n) is 18.9. The highest BCUT2D eigenvalue weighted by Crippen LogP contribution is 2.28. The average Bonchev–Trinajstić information content (AvgIpc) is 3.33. The molecule has 0 N–H and O–H groups in total. The van der Waals surface area contributed by atoms with Crippen LogP contribution in [0, 0.1) is 0 Å². The molecule has 0 aliphatic rings. The fourth-order valence-electron chi connectivity index (χ4n) is 4.52. The van der Waals surface area contributed by atoms with E-state index in [0.717, 1.165) is 63.0 Å². The van der Waals surface area contributed by atoms with Gasteiger partial charge in [-0.1, -0.05) is 56.7 Å².